The highest BCUT2D eigenvalue weighted by Gasteiger charge is 2.21. The number of ether oxygens (including phenoxy) is 2. The lowest BCUT2D eigenvalue weighted by molar-refractivity contribution is -0.0553. The summed E-state index contributed by atoms with van der Waals surface area (Å²) < 4.78 is 11.4. The van der Waals surface area contributed by atoms with Crippen molar-refractivity contribution in [1.29, 1.82) is 0 Å². The Hall–Kier alpha value is -0.120. The quantitative estimate of drug-likeness (QED) is 0.752. The van der Waals surface area contributed by atoms with Gasteiger partial charge in [-0.15, -0.1) is 0 Å². The molecule has 0 saturated carbocycles. The number of nitrogens with one attached hydrogen (secondary N) is 1. The zero-order valence-corrected chi connectivity index (χ0v) is 9.75. The van der Waals surface area contributed by atoms with Crippen molar-refractivity contribution in [3.05, 3.63) is 0 Å². The van der Waals surface area contributed by atoms with Gasteiger partial charge in [-0.25, -0.2) is 0 Å². The summed E-state index contributed by atoms with van der Waals surface area (Å²) in [4.78, 5) is 0. The average Bonchev–Trinajstić information content (AvgIpc) is 2.23. The van der Waals surface area contributed by atoms with Crippen molar-refractivity contribution in [3.63, 3.8) is 0 Å². The molecule has 1 heterocycles. The van der Waals surface area contributed by atoms with E-state index in [2.05, 4.69) is 33.0 Å². The Morgan fingerprint density at radius 3 is 2.79 bits per heavy atom. The molecule has 0 aliphatic carbocycles. The minimum Gasteiger partial charge on any atom is -0.376 e. The third-order valence-corrected chi connectivity index (χ3v) is 2.42. The van der Waals surface area contributed by atoms with Crippen LogP contribution in [0, 0.1) is 0 Å². The van der Waals surface area contributed by atoms with E-state index in [1.807, 2.05) is 0 Å². The van der Waals surface area contributed by atoms with Crippen LogP contribution >= 0.6 is 0 Å². The van der Waals surface area contributed by atoms with E-state index in [1.165, 1.54) is 0 Å². The molecule has 0 spiro atoms. The Kier molecular flexibility index (Phi) is 4.85. The molecule has 1 aliphatic heterocycles. The van der Waals surface area contributed by atoms with Crippen LogP contribution in [0.4, 0.5) is 0 Å². The van der Waals surface area contributed by atoms with Gasteiger partial charge < -0.3 is 14.8 Å². The molecule has 1 N–H and O–H groups in total. The maximum absolute atomic E-state index is 5.84. The van der Waals surface area contributed by atoms with Crippen LogP contribution in [-0.2, 0) is 9.47 Å². The van der Waals surface area contributed by atoms with E-state index in [0.29, 0.717) is 18.8 Å². The second-order valence-corrected chi connectivity index (χ2v) is 4.50. The summed E-state index contributed by atoms with van der Waals surface area (Å²) in [5.41, 5.74) is 0. The summed E-state index contributed by atoms with van der Waals surface area (Å²) in [5.74, 6) is 0. The van der Waals surface area contributed by atoms with Crippen LogP contribution in [0.1, 0.15) is 34.1 Å². The second kappa shape index (κ2) is 5.69. The lowest BCUT2D eigenvalue weighted by Gasteiger charge is -2.19. The molecule has 0 bridgehead atoms. The molecule has 3 heteroatoms. The van der Waals surface area contributed by atoms with Gasteiger partial charge in [0.05, 0.1) is 24.9 Å². The second-order valence-electron chi connectivity index (χ2n) is 4.50. The first kappa shape index (κ1) is 12.0. The third kappa shape index (κ3) is 4.40. The van der Waals surface area contributed by atoms with E-state index in [4.69, 9.17) is 9.47 Å². The monoisotopic (exact) mass is 201 g/mol. The molecule has 14 heavy (non-hydrogen) atoms. The fourth-order valence-electron chi connectivity index (χ4n) is 1.74. The summed E-state index contributed by atoms with van der Waals surface area (Å²) in [6.45, 7) is 10.0. The van der Waals surface area contributed by atoms with Crippen molar-refractivity contribution in [1.82, 2.24) is 5.32 Å². The van der Waals surface area contributed by atoms with Crippen molar-refractivity contribution in [3.8, 4) is 0 Å². The van der Waals surface area contributed by atoms with Crippen molar-refractivity contribution in [2.75, 3.05) is 13.2 Å². The molecule has 0 amide bonds. The van der Waals surface area contributed by atoms with E-state index in [0.717, 1.165) is 13.0 Å². The largest absolute Gasteiger partial charge is 0.376 e. The zero-order chi connectivity index (χ0) is 10.6. The Morgan fingerprint density at radius 2 is 2.14 bits per heavy atom. The van der Waals surface area contributed by atoms with Gasteiger partial charge in [0, 0.05) is 12.6 Å². The Morgan fingerprint density at radius 1 is 1.43 bits per heavy atom. The van der Waals surface area contributed by atoms with Gasteiger partial charge >= 0.3 is 0 Å². The van der Waals surface area contributed by atoms with Crippen LogP contribution in [0.2, 0.25) is 0 Å². The molecule has 84 valence electrons. The van der Waals surface area contributed by atoms with Gasteiger partial charge in [0.1, 0.15) is 0 Å². The number of rotatable bonds is 3. The molecule has 1 fully saturated rings. The maximum Gasteiger partial charge on any atom is 0.0936 e. The van der Waals surface area contributed by atoms with Gasteiger partial charge in [-0.1, -0.05) is 0 Å². The van der Waals surface area contributed by atoms with Crippen LogP contribution in [0.15, 0.2) is 0 Å². The van der Waals surface area contributed by atoms with Gasteiger partial charge in [0.15, 0.2) is 0 Å². The zero-order valence-electron chi connectivity index (χ0n) is 9.75. The topological polar surface area (TPSA) is 30.5 Å². The minimum atomic E-state index is 0.206. The number of hydrogen-bond donors (Lipinski definition) is 1. The van der Waals surface area contributed by atoms with E-state index in [1.54, 1.807) is 0 Å². The standard InChI is InChI=1S/C11H23NO2/c1-8(2)13-7-11-6-12-9(3)5-10(4)14-11/h8-12H,5-7H2,1-4H3. The summed E-state index contributed by atoms with van der Waals surface area (Å²) >= 11 is 0. The highest BCUT2D eigenvalue weighted by molar-refractivity contribution is 4.74. The van der Waals surface area contributed by atoms with Gasteiger partial charge in [0.2, 0.25) is 0 Å². The van der Waals surface area contributed by atoms with Gasteiger partial charge in [-0.05, 0) is 34.1 Å². The lowest BCUT2D eigenvalue weighted by Crippen LogP contribution is -2.34. The Balaban J connectivity index is 2.30. The Bertz CT molecular complexity index is 161. The molecule has 0 aromatic carbocycles. The summed E-state index contributed by atoms with van der Waals surface area (Å²) in [5, 5.41) is 3.44. The molecule has 1 rings (SSSR count). The molecule has 3 unspecified atom stereocenters. The average molecular weight is 201 g/mol. The minimum absolute atomic E-state index is 0.206. The number of hydrogen-bond acceptors (Lipinski definition) is 3. The van der Waals surface area contributed by atoms with Crippen LogP contribution in [0.3, 0.4) is 0 Å². The highest BCUT2D eigenvalue weighted by Crippen LogP contribution is 2.10. The first-order valence-electron chi connectivity index (χ1n) is 5.58. The predicted octanol–water partition coefficient (Wildman–Crippen LogP) is 1.57. The van der Waals surface area contributed by atoms with Crippen molar-refractivity contribution < 1.29 is 9.47 Å². The molecular weight excluding hydrogens is 178 g/mol. The van der Waals surface area contributed by atoms with E-state index in [9.17, 15) is 0 Å². The van der Waals surface area contributed by atoms with Crippen molar-refractivity contribution in [2.45, 2.75) is 58.5 Å². The van der Waals surface area contributed by atoms with E-state index < -0.39 is 0 Å². The molecule has 0 radical (unpaired) electrons. The van der Waals surface area contributed by atoms with Gasteiger partial charge in [-0.3, -0.25) is 0 Å². The summed E-state index contributed by atoms with van der Waals surface area (Å²) in [7, 11) is 0. The maximum atomic E-state index is 5.84. The smallest absolute Gasteiger partial charge is 0.0936 e. The molecular formula is C11H23NO2. The third-order valence-electron chi connectivity index (χ3n) is 2.42. The van der Waals surface area contributed by atoms with Crippen molar-refractivity contribution in [2.24, 2.45) is 0 Å². The Labute approximate surface area is 87.2 Å². The summed E-state index contributed by atoms with van der Waals surface area (Å²) in [6.07, 6.45) is 1.91. The van der Waals surface area contributed by atoms with E-state index in [-0.39, 0.29) is 12.2 Å². The first-order valence-corrected chi connectivity index (χ1v) is 5.58. The van der Waals surface area contributed by atoms with Gasteiger partial charge in [-0.2, -0.15) is 0 Å². The van der Waals surface area contributed by atoms with Crippen molar-refractivity contribution >= 4 is 0 Å². The highest BCUT2D eigenvalue weighted by atomic mass is 16.5. The molecule has 1 saturated heterocycles. The molecule has 0 aromatic rings. The molecule has 3 nitrogen and oxygen atoms in total. The first-order chi connectivity index (χ1) is 6.58. The van der Waals surface area contributed by atoms with Crippen LogP contribution in [0.5, 0.6) is 0 Å². The molecule has 0 aromatic heterocycles. The molecule has 3 atom stereocenters. The fourth-order valence-corrected chi connectivity index (χ4v) is 1.74. The van der Waals surface area contributed by atoms with Crippen LogP contribution in [0.25, 0.3) is 0 Å². The van der Waals surface area contributed by atoms with Crippen LogP contribution in [-0.4, -0.2) is 37.5 Å². The SMILES string of the molecule is CC1CC(C)OC(COC(C)C)CN1. The van der Waals surface area contributed by atoms with Crippen LogP contribution < -0.4 is 5.32 Å². The normalized spacial score (nSPS) is 34.5. The van der Waals surface area contributed by atoms with E-state index >= 15 is 0 Å². The molecule has 1 aliphatic rings. The van der Waals surface area contributed by atoms with Gasteiger partial charge in [0.25, 0.3) is 0 Å². The predicted molar refractivity (Wildman–Crippen MR) is 57.5 cm³/mol. The fraction of sp³-hybridized carbons (Fsp3) is 1.00. The summed E-state index contributed by atoms with van der Waals surface area (Å²) in [6, 6.07) is 0.550. The lowest BCUT2D eigenvalue weighted by atomic mass is 10.2.